The van der Waals surface area contributed by atoms with Gasteiger partial charge in [-0.05, 0) is 56.1 Å². The number of hydrogen-bond acceptors (Lipinski definition) is 3. The van der Waals surface area contributed by atoms with Crippen molar-refractivity contribution in [3.05, 3.63) is 24.0 Å². The molecule has 2 saturated carbocycles. The van der Waals surface area contributed by atoms with E-state index in [1.54, 1.807) is 6.08 Å². The quantitative estimate of drug-likeness (QED) is 0.668. The summed E-state index contributed by atoms with van der Waals surface area (Å²) in [6, 6.07) is 0. The molecule has 1 saturated heterocycles. The Morgan fingerprint density at radius 3 is 2.58 bits per heavy atom. The van der Waals surface area contributed by atoms with Crippen LogP contribution in [0, 0.1) is 28.6 Å². The lowest BCUT2D eigenvalue weighted by Gasteiger charge is -2.63. The first-order valence-electron chi connectivity index (χ1n) is 9.33. The molecule has 3 fully saturated rings. The summed E-state index contributed by atoms with van der Waals surface area (Å²) in [5, 5.41) is 0. The van der Waals surface area contributed by atoms with Gasteiger partial charge >= 0.3 is 0 Å². The van der Waals surface area contributed by atoms with Crippen LogP contribution in [0.2, 0.25) is 0 Å². The normalized spacial score (nSPS) is 46.3. The van der Waals surface area contributed by atoms with E-state index in [4.69, 9.17) is 4.74 Å². The Hall–Kier alpha value is -1.38. The molecule has 5 unspecified atom stereocenters. The number of ether oxygens (including phenoxy) is 1. The molecule has 5 atom stereocenters. The molecule has 0 amide bonds. The minimum Gasteiger partial charge on any atom is -0.491 e. The summed E-state index contributed by atoms with van der Waals surface area (Å²) in [6.07, 6.45) is 9.91. The fraction of sp³-hybridized carbons (Fsp3) is 0.714. The number of Topliss-reactive ketones (excluding diaryl/α,β-unsaturated/α-hetero) is 1. The van der Waals surface area contributed by atoms with Gasteiger partial charge in [0, 0.05) is 17.8 Å². The Kier molecular flexibility index (Phi) is 3.24. The zero-order valence-electron chi connectivity index (χ0n) is 15.2. The van der Waals surface area contributed by atoms with Crippen LogP contribution in [-0.2, 0) is 14.3 Å². The standard InChI is InChI=1S/C21H28O3/c1-19(2)16-8-11-21(4)17(20(16,3)10-9-18(19)23)12-13-14(22)6-5-7-15(13)24-21/h5-7,13,16-17H,8-12H2,1-4H3. The molecule has 1 heterocycles. The van der Waals surface area contributed by atoms with E-state index < -0.39 is 0 Å². The first kappa shape index (κ1) is 16.1. The molecule has 3 nitrogen and oxygen atoms in total. The van der Waals surface area contributed by atoms with Gasteiger partial charge in [-0.3, -0.25) is 9.59 Å². The summed E-state index contributed by atoms with van der Waals surface area (Å²) in [5.74, 6) is 2.02. The van der Waals surface area contributed by atoms with Gasteiger partial charge in [0.1, 0.15) is 17.1 Å². The van der Waals surface area contributed by atoms with Gasteiger partial charge in [0.15, 0.2) is 5.78 Å². The highest BCUT2D eigenvalue weighted by Gasteiger charge is 2.63. The van der Waals surface area contributed by atoms with Crippen molar-refractivity contribution in [1.29, 1.82) is 0 Å². The maximum Gasteiger partial charge on any atom is 0.166 e. The molecule has 24 heavy (non-hydrogen) atoms. The van der Waals surface area contributed by atoms with Gasteiger partial charge in [-0.2, -0.15) is 0 Å². The third-order valence-corrected chi connectivity index (χ3v) is 7.77. The van der Waals surface area contributed by atoms with E-state index in [0.717, 1.165) is 31.4 Å². The number of allylic oxidation sites excluding steroid dienone is 4. The highest BCUT2D eigenvalue weighted by Crippen LogP contribution is 2.65. The van der Waals surface area contributed by atoms with Gasteiger partial charge in [-0.1, -0.05) is 26.8 Å². The van der Waals surface area contributed by atoms with Gasteiger partial charge in [0.25, 0.3) is 0 Å². The van der Waals surface area contributed by atoms with Gasteiger partial charge < -0.3 is 4.74 Å². The smallest absolute Gasteiger partial charge is 0.166 e. The average Bonchev–Trinajstić information content (AvgIpc) is 2.50. The van der Waals surface area contributed by atoms with Crippen LogP contribution < -0.4 is 0 Å². The molecule has 3 heteroatoms. The van der Waals surface area contributed by atoms with Gasteiger partial charge in [-0.25, -0.2) is 0 Å². The van der Waals surface area contributed by atoms with Crippen LogP contribution in [0.15, 0.2) is 24.0 Å². The molecule has 1 aliphatic heterocycles. The van der Waals surface area contributed by atoms with Crippen molar-refractivity contribution in [2.24, 2.45) is 28.6 Å². The van der Waals surface area contributed by atoms with Crippen molar-refractivity contribution in [2.75, 3.05) is 0 Å². The van der Waals surface area contributed by atoms with Gasteiger partial charge in [0.2, 0.25) is 0 Å². The Morgan fingerprint density at radius 2 is 1.83 bits per heavy atom. The van der Waals surface area contributed by atoms with Crippen molar-refractivity contribution in [2.45, 2.75) is 65.4 Å². The molecular weight excluding hydrogens is 300 g/mol. The van der Waals surface area contributed by atoms with Crippen LogP contribution in [-0.4, -0.2) is 17.2 Å². The number of hydrogen-bond donors (Lipinski definition) is 0. The fourth-order valence-corrected chi connectivity index (χ4v) is 6.40. The molecule has 130 valence electrons. The lowest BCUT2D eigenvalue weighted by molar-refractivity contribution is -0.202. The Morgan fingerprint density at radius 1 is 1.08 bits per heavy atom. The van der Waals surface area contributed by atoms with Crippen LogP contribution in [0.25, 0.3) is 0 Å². The number of carbonyl (C=O) groups excluding carboxylic acids is 2. The van der Waals surface area contributed by atoms with Gasteiger partial charge in [0.05, 0.1) is 5.92 Å². The van der Waals surface area contributed by atoms with E-state index >= 15 is 0 Å². The second-order valence-electron chi connectivity index (χ2n) is 9.33. The maximum absolute atomic E-state index is 12.5. The molecule has 4 aliphatic rings. The molecule has 0 N–H and O–H groups in total. The molecule has 0 radical (unpaired) electrons. The number of fused-ring (bicyclic) bond motifs is 4. The molecule has 4 rings (SSSR count). The van der Waals surface area contributed by atoms with Crippen molar-refractivity contribution >= 4 is 11.6 Å². The summed E-state index contributed by atoms with van der Waals surface area (Å²) >= 11 is 0. The summed E-state index contributed by atoms with van der Waals surface area (Å²) < 4.78 is 6.47. The van der Waals surface area contributed by atoms with Crippen LogP contribution in [0.3, 0.4) is 0 Å². The average molecular weight is 328 g/mol. The topological polar surface area (TPSA) is 43.4 Å². The first-order valence-corrected chi connectivity index (χ1v) is 9.33. The second-order valence-corrected chi connectivity index (χ2v) is 9.33. The lowest BCUT2D eigenvalue weighted by atomic mass is 9.44. The van der Waals surface area contributed by atoms with E-state index in [9.17, 15) is 9.59 Å². The Bertz CT molecular complexity index is 671. The van der Waals surface area contributed by atoms with Crippen molar-refractivity contribution < 1.29 is 14.3 Å². The zero-order chi connectivity index (χ0) is 17.3. The molecule has 0 aromatic rings. The predicted octanol–water partition coefficient (Wildman–Crippen LogP) is 4.23. The molecule has 0 aromatic heterocycles. The maximum atomic E-state index is 12.5. The number of ketones is 2. The number of rotatable bonds is 0. The third-order valence-electron chi connectivity index (χ3n) is 7.77. The zero-order valence-corrected chi connectivity index (χ0v) is 15.2. The summed E-state index contributed by atoms with van der Waals surface area (Å²) in [5.41, 5.74) is -0.409. The van der Waals surface area contributed by atoms with Crippen molar-refractivity contribution in [1.82, 2.24) is 0 Å². The summed E-state index contributed by atoms with van der Waals surface area (Å²) in [6.45, 7) is 8.84. The molecular formula is C21H28O3. The van der Waals surface area contributed by atoms with Gasteiger partial charge in [-0.15, -0.1) is 0 Å². The molecule has 0 aromatic carbocycles. The fourth-order valence-electron chi connectivity index (χ4n) is 6.40. The van der Waals surface area contributed by atoms with E-state index in [1.807, 2.05) is 12.2 Å². The highest BCUT2D eigenvalue weighted by molar-refractivity contribution is 5.95. The molecule has 0 bridgehead atoms. The predicted molar refractivity (Wildman–Crippen MR) is 92.2 cm³/mol. The molecule has 0 spiro atoms. The van der Waals surface area contributed by atoms with E-state index in [2.05, 4.69) is 27.7 Å². The largest absolute Gasteiger partial charge is 0.491 e. The number of carbonyl (C=O) groups is 2. The second kappa shape index (κ2) is 4.83. The van der Waals surface area contributed by atoms with Crippen molar-refractivity contribution in [3.63, 3.8) is 0 Å². The van der Waals surface area contributed by atoms with Crippen LogP contribution >= 0.6 is 0 Å². The monoisotopic (exact) mass is 328 g/mol. The Balaban J connectivity index is 1.75. The molecule has 3 aliphatic carbocycles. The minimum absolute atomic E-state index is 0.0668. The first-order chi connectivity index (χ1) is 11.2. The van der Waals surface area contributed by atoms with Crippen molar-refractivity contribution in [3.8, 4) is 0 Å². The van der Waals surface area contributed by atoms with E-state index in [1.165, 1.54) is 0 Å². The van der Waals surface area contributed by atoms with E-state index in [-0.39, 0.29) is 28.1 Å². The van der Waals surface area contributed by atoms with Crippen LogP contribution in [0.4, 0.5) is 0 Å². The Labute approximate surface area is 144 Å². The van der Waals surface area contributed by atoms with E-state index in [0.29, 0.717) is 24.0 Å². The lowest BCUT2D eigenvalue weighted by Crippen LogP contribution is -2.62. The summed E-state index contributed by atoms with van der Waals surface area (Å²) in [7, 11) is 0. The van der Waals surface area contributed by atoms with Crippen LogP contribution in [0.1, 0.15) is 59.8 Å². The SMILES string of the molecule is CC12CCC3C(C)(C)C(=O)CCC3(C)C1CC1C(=O)C=CC=C1O2. The van der Waals surface area contributed by atoms with Crippen LogP contribution in [0.5, 0.6) is 0 Å². The highest BCUT2D eigenvalue weighted by atomic mass is 16.5. The summed E-state index contributed by atoms with van der Waals surface area (Å²) in [4.78, 5) is 24.9. The minimum atomic E-state index is -0.263. The third kappa shape index (κ3) is 1.96.